The lowest BCUT2D eigenvalue weighted by Crippen LogP contribution is -2.50. The maximum Gasteiger partial charge on any atom is 0.236 e. The van der Waals surface area contributed by atoms with Gasteiger partial charge >= 0.3 is 0 Å². The molecule has 0 aromatic heterocycles. The van der Waals surface area contributed by atoms with Gasteiger partial charge in [-0.15, -0.1) is 0 Å². The average Bonchev–Trinajstić information content (AvgIpc) is 2.27. The molecule has 1 heterocycles. The minimum absolute atomic E-state index is 0.0249. The standard InChI is InChI=1S/C10H21N3O/c1-8(10(14)11-2)13(3)9-4-6-12-7-5-9/h8-9,12H,4-7H2,1-3H3,(H,11,14). The van der Waals surface area contributed by atoms with Gasteiger partial charge in [0, 0.05) is 13.1 Å². The summed E-state index contributed by atoms with van der Waals surface area (Å²) in [7, 11) is 3.73. The van der Waals surface area contributed by atoms with Gasteiger partial charge in [-0.2, -0.15) is 0 Å². The van der Waals surface area contributed by atoms with E-state index in [4.69, 9.17) is 0 Å². The molecule has 14 heavy (non-hydrogen) atoms. The SMILES string of the molecule is CNC(=O)C(C)N(C)C1CCNCC1. The first-order chi connectivity index (χ1) is 6.66. The molecular formula is C10H21N3O. The Labute approximate surface area is 86.0 Å². The van der Waals surface area contributed by atoms with E-state index in [9.17, 15) is 4.79 Å². The monoisotopic (exact) mass is 199 g/mol. The summed E-state index contributed by atoms with van der Waals surface area (Å²) in [6.45, 7) is 4.09. The Morgan fingerprint density at radius 3 is 2.57 bits per heavy atom. The van der Waals surface area contributed by atoms with Gasteiger partial charge in [-0.05, 0) is 39.9 Å². The van der Waals surface area contributed by atoms with Crippen LogP contribution in [0, 0.1) is 0 Å². The second-order valence-electron chi connectivity index (χ2n) is 3.94. The van der Waals surface area contributed by atoms with Crippen molar-refractivity contribution in [3.63, 3.8) is 0 Å². The highest BCUT2D eigenvalue weighted by molar-refractivity contribution is 5.80. The van der Waals surface area contributed by atoms with Crippen molar-refractivity contribution in [2.75, 3.05) is 27.2 Å². The highest BCUT2D eigenvalue weighted by atomic mass is 16.2. The van der Waals surface area contributed by atoms with E-state index in [0.29, 0.717) is 6.04 Å². The fraction of sp³-hybridized carbons (Fsp3) is 0.900. The lowest BCUT2D eigenvalue weighted by atomic mass is 10.0. The third-order valence-electron chi connectivity index (χ3n) is 3.12. The zero-order valence-corrected chi connectivity index (χ0v) is 9.34. The van der Waals surface area contributed by atoms with E-state index in [2.05, 4.69) is 15.5 Å². The molecule has 0 spiro atoms. The fourth-order valence-corrected chi connectivity index (χ4v) is 1.92. The molecule has 1 aliphatic rings. The molecule has 1 unspecified atom stereocenters. The van der Waals surface area contributed by atoms with E-state index in [0.717, 1.165) is 25.9 Å². The van der Waals surface area contributed by atoms with Crippen LogP contribution >= 0.6 is 0 Å². The lowest BCUT2D eigenvalue weighted by molar-refractivity contribution is -0.125. The van der Waals surface area contributed by atoms with E-state index in [-0.39, 0.29) is 11.9 Å². The molecule has 1 atom stereocenters. The Kier molecular flexibility index (Phi) is 4.35. The first-order valence-corrected chi connectivity index (χ1v) is 5.31. The van der Waals surface area contributed by atoms with Crippen molar-refractivity contribution in [3.05, 3.63) is 0 Å². The van der Waals surface area contributed by atoms with Crippen molar-refractivity contribution in [1.82, 2.24) is 15.5 Å². The number of amides is 1. The molecule has 2 N–H and O–H groups in total. The number of rotatable bonds is 3. The van der Waals surface area contributed by atoms with Gasteiger partial charge in [0.2, 0.25) is 5.91 Å². The Bertz CT molecular complexity index is 190. The van der Waals surface area contributed by atoms with Crippen LogP contribution in [-0.2, 0) is 4.79 Å². The molecular weight excluding hydrogens is 178 g/mol. The molecule has 1 saturated heterocycles. The van der Waals surface area contributed by atoms with Crippen LogP contribution in [0.5, 0.6) is 0 Å². The molecule has 0 radical (unpaired) electrons. The Hall–Kier alpha value is -0.610. The molecule has 4 nitrogen and oxygen atoms in total. The van der Waals surface area contributed by atoms with Crippen molar-refractivity contribution in [3.8, 4) is 0 Å². The maximum absolute atomic E-state index is 11.4. The number of nitrogens with zero attached hydrogens (tertiary/aromatic N) is 1. The van der Waals surface area contributed by atoms with Crippen LogP contribution in [0.3, 0.4) is 0 Å². The minimum Gasteiger partial charge on any atom is -0.358 e. The third kappa shape index (κ3) is 2.69. The summed E-state index contributed by atoms with van der Waals surface area (Å²) in [6, 6.07) is 0.520. The number of piperidine rings is 1. The van der Waals surface area contributed by atoms with Crippen molar-refractivity contribution in [2.45, 2.75) is 31.8 Å². The third-order valence-corrected chi connectivity index (χ3v) is 3.12. The minimum atomic E-state index is -0.0249. The Balaban J connectivity index is 2.45. The number of likely N-dealkylation sites (N-methyl/N-ethyl adjacent to an activating group) is 2. The molecule has 0 saturated carbocycles. The normalized spacial score (nSPS) is 20.9. The van der Waals surface area contributed by atoms with Crippen LogP contribution in [0.4, 0.5) is 0 Å². The first kappa shape index (κ1) is 11.5. The van der Waals surface area contributed by atoms with E-state index < -0.39 is 0 Å². The zero-order chi connectivity index (χ0) is 10.6. The quantitative estimate of drug-likeness (QED) is 0.662. The van der Waals surface area contributed by atoms with Crippen LogP contribution in [0.25, 0.3) is 0 Å². The van der Waals surface area contributed by atoms with Crippen LogP contribution in [0.15, 0.2) is 0 Å². The van der Waals surface area contributed by atoms with Gasteiger partial charge in [-0.3, -0.25) is 9.69 Å². The number of carbonyl (C=O) groups is 1. The van der Waals surface area contributed by atoms with Gasteiger partial charge in [0.15, 0.2) is 0 Å². The van der Waals surface area contributed by atoms with Gasteiger partial charge in [-0.25, -0.2) is 0 Å². The fourth-order valence-electron chi connectivity index (χ4n) is 1.92. The van der Waals surface area contributed by atoms with Crippen LogP contribution in [0.2, 0.25) is 0 Å². The summed E-state index contributed by atoms with van der Waals surface area (Å²) in [6.07, 6.45) is 2.27. The summed E-state index contributed by atoms with van der Waals surface area (Å²) in [4.78, 5) is 13.6. The molecule has 0 bridgehead atoms. The summed E-state index contributed by atoms with van der Waals surface area (Å²) < 4.78 is 0. The summed E-state index contributed by atoms with van der Waals surface area (Å²) >= 11 is 0. The average molecular weight is 199 g/mol. The summed E-state index contributed by atoms with van der Waals surface area (Å²) in [5.74, 6) is 0.103. The number of nitrogens with one attached hydrogen (secondary N) is 2. The van der Waals surface area contributed by atoms with Crippen molar-refractivity contribution in [1.29, 1.82) is 0 Å². The topological polar surface area (TPSA) is 44.4 Å². The number of hydrogen-bond acceptors (Lipinski definition) is 3. The largest absolute Gasteiger partial charge is 0.358 e. The highest BCUT2D eigenvalue weighted by Crippen LogP contribution is 2.12. The van der Waals surface area contributed by atoms with Crippen LogP contribution in [-0.4, -0.2) is 50.1 Å². The van der Waals surface area contributed by atoms with E-state index in [1.165, 1.54) is 0 Å². The molecule has 4 heteroatoms. The summed E-state index contributed by atoms with van der Waals surface area (Å²) in [5, 5.41) is 6.01. The second-order valence-corrected chi connectivity index (χ2v) is 3.94. The molecule has 1 fully saturated rings. The zero-order valence-electron chi connectivity index (χ0n) is 9.34. The van der Waals surface area contributed by atoms with E-state index in [1.807, 2.05) is 14.0 Å². The predicted molar refractivity (Wildman–Crippen MR) is 57.2 cm³/mol. The second kappa shape index (κ2) is 5.32. The highest BCUT2D eigenvalue weighted by Gasteiger charge is 2.25. The lowest BCUT2D eigenvalue weighted by Gasteiger charge is -2.34. The molecule has 0 aliphatic carbocycles. The molecule has 1 aliphatic heterocycles. The predicted octanol–water partition coefficient (Wildman–Crippen LogP) is -0.195. The van der Waals surface area contributed by atoms with Gasteiger partial charge in [0.25, 0.3) is 0 Å². The Morgan fingerprint density at radius 1 is 1.50 bits per heavy atom. The van der Waals surface area contributed by atoms with Crippen LogP contribution < -0.4 is 10.6 Å². The first-order valence-electron chi connectivity index (χ1n) is 5.31. The molecule has 82 valence electrons. The maximum atomic E-state index is 11.4. The van der Waals surface area contributed by atoms with Crippen molar-refractivity contribution >= 4 is 5.91 Å². The van der Waals surface area contributed by atoms with Gasteiger partial charge < -0.3 is 10.6 Å². The van der Waals surface area contributed by atoms with E-state index >= 15 is 0 Å². The summed E-state index contributed by atoms with van der Waals surface area (Å²) in [5.41, 5.74) is 0. The van der Waals surface area contributed by atoms with Gasteiger partial charge in [0.1, 0.15) is 0 Å². The van der Waals surface area contributed by atoms with Crippen molar-refractivity contribution in [2.24, 2.45) is 0 Å². The number of hydrogen-bond donors (Lipinski definition) is 2. The molecule has 0 aromatic rings. The van der Waals surface area contributed by atoms with Crippen LogP contribution in [0.1, 0.15) is 19.8 Å². The van der Waals surface area contributed by atoms with E-state index in [1.54, 1.807) is 7.05 Å². The van der Waals surface area contributed by atoms with Gasteiger partial charge in [-0.1, -0.05) is 0 Å². The van der Waals surface area contributed by atoms with Crippen molar-refractivity contribution < 1.29 is 4.79 Å². The Morgan fingerprint density at radius 2 is 2.07 bits per heavy atom. The molecule has 1 rings (SSSR count). The molecule has 1 amide bonds. The number of carbonyl (C=O) groups excluding carboxylic acids is 1. The van der Waals surface area contributed by atoms with Gasteiger partial charge in [0.05, 0.1) is 6.04 Å². The smallest absolute Gasteiger partial charge is 0.236 e. The molecule has 0 aromatic carbocycles.